The largest absolute Gasteiger partial charge is 0.340 e. The third kappa shape index (κ3) is 4.50. The molecule has 0 bridgehead atoms. The number of piperazine rings is 1. The number of nitrogens with zero attached hydrogens (tertiary/aromatic N) is 3. The van der Waals surface area contributed by atoms with Crippen molar-refractivity contribution in [2.24, 2.45) is 5.92 Å². The molecule has 2 aliphatic rings. The maximum absolute atomic E-state index is 14.5. The lowest BCUT2D eigenvalue weighted by molar-refractivity contribution is -0.137. The van der Waals surface area contributed by atoms with Crippen LogP contribution in [-0.2, 0) is 11.3 Å². The Balaban J connectivity index is 1.25. The molecule has 1 aromatic heterocycles. The zero-order valence-corrected chi connectivity index (χ0v) is 19.3. The monoisotopic (exact) mass is 452 g/mol. The number of fused-ring (bicyclic) bond motifs is 1. The van der Waals surface area contributed by atoms with E-state index >= 15 is 0 Å². The molecule has 0 radical (unpaired) electrons. The molecule has 0 spiro atoms. The van der Waals surface area contributed by atoms with Crippen molar-refractivity contribution in [1.82, 2.24) is 14.8 Å². The highest BCUT2D eigenvalue weighted by atomic mass is 32.1. The van der Waals surface area contributed by atoms with Crippen LogP contribution in [0.25, 0.3) is 10.2 Å². The van der Waals surface area contributed by atoms with E-state index in [4.69, 9.17) is 0 Å². The summed E-state index contributed by atoms with van der Waals surface area (Å²) in [6.07, 6.45) is 4.46. The van der Waals surface area contributed by atoms with Gasteiger partial charge in [-0.05, 0) is 55.2 Å². The van der Waals surface area contributed by atoms with Crippen LogP contribution >= 0.6 is 11.3 Å². The first kappa shape index (κ1) is 21.3. The SMILES string of the molecule is Cc1c(CN2CCN(C(=O)C3CCCC3)CC2)cc(F)cc1Nc1nc2ccccc2s1. The van der Waals surface area contributed by atoms with Crippen LogP contribution in [0.15, 0.2) is 36.4 Å². The van der Waals surface area contributed by atoms with Crippen LogP contribution < -0.4 is 5.32 Å². The number of hydrogen-bond acceptors (Lipinski definition) is 5. The molecule has 1 saturated heterocycles. The molecule has 5 nitrogen and oxygen atoms in total. The van der Waals surface area contributed by atoms with E-state index in [1.165, 1.54) is 12.8 Å². The molecule has 168 valence electrons. The normalized spacial score (nSPS) is 17.9. The number of thiazole rings is 1. The molecule has 0 unspecified atom stereocenters. The first-order valence-electron chi connectivity index (χ1n) is 11.5. The number of carbonyl (C=O) groups excluding carboxylic acids is 1. The van der Waals surface area contributed by atoms with Crippen LogP contribution in [0, 0.1) is 18.7 Å². The van der Waals surface area contributed by atoms with Crippen molar-refractivity contribution in [3.05, 3.63) is 53.3 Å². The molecule has 5 rings (SSSR count). The van der Waals surface area contributed by atoms with Crippen LogP contribution in [0.4, 0.5) is 15.2 Å². The van der Waals surface area contributed by atoms with Crippen LogP contribution in [0.5, 0.6) is 0 Å². The van der Waals surface area contributed by atoms with Gasteiger partial charge in [0.05, 0.1) is 10.2 Å². The number of benzene rings is 2. The van der Waals surface area contributed by atoms with Gasteiger partial charge in [-0.2, -0.15) is 0 Å². The Morgan fingerprint density at radius 2 is 1.91 bits per heavy atom. The molecule has 1 N–H and O–H groups in total. The summed E-state index contributed by atoms with van der Waals surface area (Å²) in [6.45, 7) is 5.90. The minimum Gasteiger partial charge on any atom is -0.340 e. The summed E-state index contributed by atoms with van der Waals surface area (Å²) in [7, 11) is 0. The Morgan fingerprint density at radius 1 is 1.16 bits per heavy atom. The molecule has 1 amide bonds. The highest BCUT2D eigenvalue weighted by molar-refractivity contribution is 7.22. The van der Waals surface area contributed by atoms with Gasteiger partial charge in [-0.15, -0.1) is 0 Å². The Morgan fingerprint density at radius 3 is 2.66 bits per heavy atom. The molecule has 3 aromatic rings. The molecule has 1 aliphatic carbocycles. The van der Waals surface area contributed by atoms with Gasteiger partial charge in [-0.3, -0.25) is 9.69 Å². The summed E-state index contributed by atoms with van der Waals surface area (Å²) < 4.78 is 15.6. The van der Waals surface area contributed by atoms with Gasteiger partial charge < -0.3 is 10.2 Å². The number of aromatic nitrogens is 1. The zero-order valence-electron chi connectivity index (χ0n) is 18.4. The van der Waals surface area contributed by atoms with Crippen molar-refractivity contribution < 1.29 is 9.18 Å². The lowest BCUT2D eigenvalue weighted by Crippen LogP contribution is -2.49. The van der Waals surface area contributed by atoms with Gasteiger partial charge in [-0.25, -0.2) is 9.37 Å². The quantitative estimate of drug-likeness (QED) is 0.569. The molecule has 1 aliphatic heterocycles. The van der Waals surface area contributed by atoms with Gasteiger partial charge in [-0.1, -0.05) is 36.3 Å². The van der Waals surface area contributed by atoms with E-state index in [9.17, 15) is 9.18 Å². The second kappa shape index (κ2) is 9.16. The van der Waals surface area contributed by atoms with Crippen LogP contribution in [0.1, 0.15) is 36.8 Å². The van der Waals surface area contributed by atoms with E-state index in [1.807, 2.05) is 36.1 Å². The molecule has 7 heteroatoms. The van der Waals surface area contributed by atoms with Gasteiger partial charge in [0.15, 0.2) is 5.13 Å². The Bertz CT molecular complexity index is 1080. The third-order valence-electron chi connectivity index (χ3n) is 6.80. The molecule has 2 aromatic carbocycles. The smallest absolute Gasteiger partial charge is 0.225 e. The Labute approximate surface area is 192 Å². The van der Waals surface area contributed by atoms with Crippen LogP contribution in [0.2, 0.25) is 0 Å². The first-order valence-corrected chi connectivity index (χ1v) is 12.3. The average molecular weight is 453 g/mol. The summed E-state index contributed by atoms with van der Waals surface area (Å²) in [6, 6.07) is 11.2. The van der Waals surface area contributed by atoms with E-state index in [1.54, 1.807) is 23.5 Å². The topological polar surface area (TPSA) is 48.5 Å². The summed E-state index contributed by atoms with van der Waals surface area (Å²) >= 11 is 1.57. The first-order chi connectivity index (χ1) is 15.6. The highest BCUT2D eigenvalue weighted by Crippen LogP contribution is 2.31. The predicted molar refractivity (Wildman–Crippen MR) is 128 cm³/mol. The number of carbonyl (C=O) groups is 1. The molecule has 2 fully saturated rings. The number of rotatable bonds is 5. The van der Waals surface area contributed by atoms with Crippen molar-refractivity contribution >= 4 is 38.3 Å². The summed E-state index contributed by atoms with van der Waals surface area (Å²) in [5, 5.41) is 4.10. The minimum absolute atomic E-state index is 0.239. The van der Waals surface area contributed by atoms with Gasteiger partial charge in [0.25, 0.3) is 0 Å². The number of halogens is 1. The average Bonchev–Trinajstić information content (AvgIpc) is 3.46. The molecule has 1 saturated carbocycles. The number of anilines is 2. The molecule has 2 heterocycles. The predicted octanol–water partition coefficient (Wildman–Crippen LogP) is 5.32. The van der Waals surface area contributed by atoms with Gasteiger partial charge >= 0.3 is 0 Å². The molecule has 32 heavy (non-hydrogen) atoms. The highest BCUT2D eigenvalue weighted by Gasteiger charge is 2.29. The summed E-state index contributed by atoms with van der Waals surface area (Å²) in [5.74, 6) is 0.332. The van der Waals surface area contributed by atoms with Gasteiger partial charge in [0, 0.05) is 44.3 Å². The summed E-state index contributed by atoms with van der Waals surface area (Å²) in [4.78, 5) is 21.7. The zero-order chi connectivity index (χ0) is 22.1. The fourth-order valence-electron chi connectivity index (χ4n) is 4.87. The van der Waals surface area contributed by atoms with E-state index in [2.05, 4.69) is 15.2 Å². The van der Waals surface area contributed by atoms with Crippen molar-refractivity contribution in [2.75, 3.05) is 31.5 Å². The Kier molecular flexibility index (Phi) is 6.11. The van der Waals surface area contributed by atoms with Crippen molar-refractivity contribution in [2.45, 2.75) is 39.2 Å². The van der Waals surface area contributed by atoms with Crippen LogP contribution in [0.3, 0.4) is 0 Å². The third-order valence-corrected chi connectivity index (χ3v) is 7.75. The van der Waals surface area contributed by atoms with Crippen molar-refractivity contribution in [1.29, 1.82) is 0 Å². The maximum Gasteiger partial charge on any atom is 0.225 e. The Hall–Kier alpha value is -2.51. The van der Waals surface area contributed by atoms with E-state index in [0.29, 0.717) is 12.5 Å². The molecular formula is C25H29FN4OS. The lowest BCUT2D eigenvalue weighted by Gasteiger charge is -2.36. The van der Waals surface area contributed by atoms with Gasteiger partial charge in [0.1, 0.15) is 5.82 Å². The number of para-hydroxylation sites is 1. The number of amides is 1. The minimum atomic E-state index is -0.246. The number of hydrogen-bond donors (Lipinski definition) is 1. The standard InChI is InChI=1S/C25H29FN4OS/c1-17-19(16-29-10-12-30(13-11-29)24(31)18-6-2-3-7-18)14-20(26)15-22(17)28-25-27-21-8-4-5-9-23(21)32-25/h4-5,8-9,14-15,18H,2-3,6-7,10-13,16H2,1H3,(H,27,28). The van der Waals surface area contributed by atoms with E-state index in [-0.39, 0.29) is 11.7 Å². The molecular weight excluding hydrogens is 423 g/mol. The maximum atomic E-state index is 14.5. The summed E-state index contributed by atoms with van der Waals surface area (Å²) in [5.41, 5.74) is 3.72. The number of nitrogens with one attached hydrogen (secondary N) is 1. The van der Waals surface area contributed by atoms with E-state index in [0.717, 1.165) is 71.2 Å². The van der Waals surface area contributed by atoms with Crippen molar-refractivity contribution in [3.63, 3.8) is 0 Å². The molecule has 0 atom stereocenters. The van der Waals surface area contributed by atoms with Crippen LogP contribution in [-0.4, -0.2) is 46.9 Å². The van der Waals surface area contributed by atoms with Crippen molar-refractivity contribution in [3.8, 4) is 0 Å². The second-order valence-corrected chi connectivity index (χ2v) is 9.96. The lowest BCUT2D eigenvalue weighted by atomic mass is 10.0. The fraction of sp³-hybridized carbons (Fsp3) is 0.440. The second-order valence-electron chi connectivity index (χ2n) is 8.93. The van der Waals surface area contributed by atoms with Gasteiger partial charge in [0.2, 0.25) is 5.91 Å². The van der Waals surface area contributed by atoms with E-state index < -0.39 is 0 Å². The fourth-order valence-corrected chi connectivity index (χ4v) is 5.75.